The molecule has 1 aliphatic heterocycles. The van der Waals surface area contributed by atoms with Crippen LogP contribution in [0.4, 0.5) is 5.69 Å². The van der Waals surface area contributed by atoms with Gasteiger partial charge in [-0.15, -0.1) is 12.4 Å². The van der Waals surface area contributed by atoms with Gasteiger partial charge < -0.3 is 15.4 Å². The molecule has 2 N–H and O–H groups in total. The monoisotopic (exact) mass is 350 g/mol. The molecular formula is C19H27ClN2O2. The largest absolute Gasteiger partial charge is 0.488 e. The number of para-hydroxylation sites is 2. The summed E-state index contributed by atoms with van der Waals surface area (Å²) in [7, 11) is 0. The van der Waals surface area contributed by atoms with Crippen LogP contribution in [-0.4, -0.2) is 25.1 Å². The predicted molar refractivity (Wildman–Crippen MR) is 97.8 cm³/mol. The van der Waals surface area contributed by atoms with Gasteiger partial charge in [0.05, 0.1) is 11.8 Å². The first-order chi connectivity index (χ1) is 11.3. The van der Waals surface area contributed by atoms with Crippen molar-refractivity contribution >= 4 is 24.0 Å². The van der Waals surface area contributed by atoms with Gasteiger partial charge in [-0.2, -0.15) is 0 Å². The van der Waals surface area contributed by atoms with Gasteiger partial charge in [0.2, 0.25) is 5.91 Å². The summed E-state index contributed by atoms with van der Waals surface area (Å²) >= 11 is 0. The molecule has 0 radical (unpaired) electrons. The third-order valence-corrected chi connectivity index (χ3v) is 5.85. The van der Waals surface area contributed by atoms with Gasteiger partial charge in [0.1, 0.15) is 5.75 Å². The van der Waals surface area contributed by atoms with Gasteiger partial charge >= 0.3 is 0 Å². The first-order valence-electron chi connectivity index (χ1n) is 9.04. The summed E-state index contributed by atoms with van der Waals surface area (Å²) in [6.07, 6.45) is 8.37. The van der Waals surface area contributed by atoms with Crippen LogP contribution in [-0.2, 0) is 4.79 Å². The molecule has 1 aromatic carbocycles. The molecule has 1 unspecified atom stereocenters. The van der Waals surface area contributed by atoms with Crippen molar-refractivity contribution in [3.63, 3.8) is 0 Å². The number of amides is 1. The van der Waals surface area contributed by atoms with Crippen LogP contribution in [0.5, 0.6) is 5.75 Å². The summed E-state index contributed by atoms with van der Waals surface area (Å²) in [6.45, 7) is 2.09. The van der Waals surface area contributed by atoms with E-state index >= 15 is 0 Å². The summed E-state index contributed by atoms with van der Waals surface area (Å²) < 4.78 is 6.12. The van der Waals surface area contributed by atoms with Crippen LogP contribution >= 0.6 is 12.4 Å². The number of benzene rings is 1. The Bertz CT molecular complexity index is 580. The number of ether oxygens (including phenoxy) is 1. The molecule has 1 atom stereocenters. The molecule has 1 aromatic rings. The maximum atomic E-state index is 12.7. The van der Waals surface area contributed by atoms with E-state index in [-0.39, 0.29) is 29.6 Å². The molecule has 1 heterocycles. The summed E-state index contributed by atoms with van der Waals surface area (Å²) in [5, 5.41) is 6.52. The highest BCUT2D eigenvalue weighted by Crippen LogP contribution is 2.58. The minimum Gasteiger partial charge on any atom is -0.488 e. The van der Waals surface area contributed by atoms with Gasteiger partial charge in [-0.25, -0.2) is 0 Å². The Hall–Kier alpha value is -1.26. The lowest BCUT2D eigenvalue weighted by atomic mass is 9.92. The number of rotatable bonds is 4. The standard InChI is InChI=1S/C19H26N2O2.ClH/c22-18(15-13-19(15)9-11-20-12-10-19)21-16-7-3-4-8-17(16)23-14-5-1-2-6-14;/h3-4,7-8,14-15,20H,1-2,5-6,9-13H2,(H,21,22);1H. The molecule has 1 amide bonds. The zero-order valence-corrected chi connectivity index (χ0v) is 14.9. The van der Waals surface area contributed by atoms with E-state index in [1.54, 1.807) is 0 Å². The van der Waals surface area contributed by atoms with Gasteiger partial charge in [-0.05, 0) is 75.6 Å². The topological polar surface area (TPSA) is 50.4 Å². The van der Waals surface area contributed by atoms with Crippen molar-refractivity contribution in [1.82, 2.24) is 5.32 Å². The average Bonchev–Trinajstić information content (AvgIpc) is 3.02. The van der Waals surface area contributed by atoms with E-state index in [0.717, 1.165) is 56.6 Å². The van der Waals surface area contributed by atoms with E-state index < -0.39 is 0 Å². The van der Waals surface area contributed by atoms with E-state index in [4.69, 9.17) is 4.74 Å². The summed E-state index contributed by atoms with van der Waals surface area (Å²) in [4.78, 5) is 12.7. The van der Waals surface area contributed by atoms with E-state index in [2.05, 4.69) is 10.6 Å². The smallest absolute Gasteiger partial charge is 0.228 e. The number of hydrogen-bond acceptors (Lipinski definition) is 3. The van der Waals surface area contributed by atoms with Crippen molar-refractivity contribution < 1.29 is 9.53 Å². The van der Waals surface area contributed by atoms with Gasteiger partial charge in [0, 0.05) is 5.92 Å². The number of hydrogen-bond donors (Lipinski definition) is 2. The zero-order valence-electron chi connectivity index (χ0n) is 14.1. The Kier molecular flexibility index (Phi) is 5.36. The van der Waals surface area contributed by atoms with Crippen molar-refractivity contribution in [3.05, 3.63) is 24.3 Å². The van der Waals surface area contributed by atoms with Gasteiger partial charge in [0.25, 0.3) is 0 Å². The fourth-order valence-corrected chi connectivity index (χ4v) is 4.27. The lowest BCUT2D eigenvalue weighted by Crippen LogP contribution is -2.31. The van der Waals surface area contributed by atoms with E-state index in [1.807, 2.05) is 24.3 Å². The number of anilines is 1. The average molecular weight is 351 g/mol. The Labute approximate surface area is 150 Å². The molecule has 2 aliphatic carbocycles. The number of carbonyl (C=O) groups excluding carboxylic acids is 1. The molecule has 2 saturated carbocycles. The van der Waals surface area contributed by atoms with Crippen LogP contribution in [0.15, 0.2) is 24.3 Å². The summed E-state index contributed by atoms with van der Waals surface area (Å²) in [6, 6.07) is 7.87. The Morgan fingerprint density at radius 1 is 1.17 bits per heavy atom. The molecule has 3 aliphatic rings. The molecule has 0 bridgehead atoms. The lowest BCUT2D eigenvalue weighted by Gasteiger charge is -2.23. The molecule has 5 heteroatoms. The molecule has 1 saturated heterocycles. The van der Waals surface area contributed by atoms with Gasteiger partial charge in [-0.3, -0.25) is 4.79 Å². The molecule has 132 valence electrons. The number of nitrogens with one attached hydrogen (secondary N) is 2. The normalized spacial score (nSPS) is 25.1. The highest BCUT2D eigenvalue weighted by molar-refractivity contribution is 5.96. The SMILES string of the molecule is Cl.O=C(Nc1ccccc1OC1CCCC1)C1CC12CCNCC2. The van der Waals surface area contributed by atoms with Crippen molar-refractivity contribution in [1.29, 1.82) is 0 Å². The molecule has 0 aromatic heterocycles. The minimum absolute atomic E-state index is 0. The Balaban J connectivity index is 0.00000169. The molecule has 4 nitrogen and oxygen atoms in total. The van der Waals surface area contributed by atoms with Crippen LogP contribution in [0.25, 0.3) is 0 Å². The highest BCUT2D eigenvalue weighted by Gasteiger charge is 2.57. The maximum Gasteiger partial charge on any atom is 0.228 e. The van der Waals surface area contributed by atoms with Crippen LogP contribution in [0.1, 0.15) is 44.9 Å². The number of carbonyl (C=O) groups is 1. The van der Waals surface area contributed by atoms with Crippen LogP contribution in [0.3, 0.4) is 0 Å². The molecule has 24 heavy (non-hydrogen) atoms. The maximum absolute atomic E-state index is 12.7. The zero-order chi connectivity index (χ0) is 15.7. The van der Waals surface area contributed by atoms with Crippen molar-refractivity contribution in [3.8, 4) is 5.75 Å². The predicted octanol–water partition coefficient (Wildman–Crippen LogP) is 3.76. The Morgan fingerprint density at radius 3 is 2.62 bits per heavy atom. The van der Waals surface area contributed by atoms with E-state index in [9.17, 15) is 4.79 Å². The fourth-order valence-electron chi connectivity index (χ4n) is 4.27. The van der Waals surface area contributed by atoms with Crippen LogP contribution < -0.4 is 15.4 Å². The van der Waals surface area contributed by atoms with Crippen LogP contribution in [0.2, 0.25) is 0 Å². The third-order valence-electron chi connectivity index (χ3n) is 5.85. The second-order valence-electron chi connectivity index (χ2n) is 7.38. The van der Waals surface area contributed by atoms with Crippen LogP contribution in [0, 0.1) is 11.3 Å². The fraction of sp³-hybridized carbons (Fsp3) is 0.632. The molecular weight excluding hydrogens is 324 g/mol. The molecule has 3 fully saturated rings. The minimum atomic E-state index is 0. The first-order valence-corrected chi connectivity index (χ1v) is 9.04. The van der Waals surface area contributed by atoms with E-state index in [1.165, 1.54) is 12.8 Å². The molecule has 4 rings (SSSR count). The van der Waals surface area contributed by atoms with Gasteiger partial charge in [0.15, 0.2) is 0 Å². The first kappa shape index (κ1) is 17.6. The van der Waals surface area contributed by atoms with Gasteiger partial charge in [-0.1, -0.05) is 12.1 Å². The second-order valence-corrected chi connectivity index (χ2v) is 7.38. The van der Waals surface area contributed by atoms with E-state index in [0.29, 0.717) is 6.10 Å². The highest BCUT2D eigenvalue weighted by atomic mass is 35.5. The van der Waals surface area contributed by atoms with Crippen molar-refractivity contribution in [2.75, 3.05) is 18.4 Å². The summed E-state index contributed by atoms with van der Waals surface area (Å²) in [5.74, 6) is 1.19. The van der Waals surface area contributed by atoms with Crippen molar-refractivity contribution in [2.45, 2.75) is 51.0 Å². The molecule has 1 spiro atoms. The third kappa shape index (κ3) is 3.55. The van der Waals surface area contributed by atoms with Crippen molar-refractivity contribution in [2.24, 2.45) is 11.3 Å². The lowest BCUT2D eigenvalue weighted by molar-refractivity contribution is -0.118. The summed E-state index contributed by atoms with van der Waals surface area (Å²) in [5.41, 5.74) is 1.11. The number of halogens is 1. The quantitative estimate of drug-likeness (QED) is 0.869. The Morgan fingerprint density at radius 2 is 1.88 bits per heavy atom. The second kappa shape index (κ2) is 7.32. The number of piperidine rings is 1.